The second kappa shape index (κ2) is 7.10. The molecule has 0 fully saturated rings. The van der Waals surface area contributed by atoms with E-state index in [0.717, 1.165) is 35.7 Å². The van der Waals surface area contributed by atoms with Gasteiger partial charge in [0.1, 0.15) is 17.3 Å². The van der Waals surface area contributed by atoms with Gasteiger partial charge in [-0.2, -0.15) is 0 Å². The van der Waals surface area contributed by atoms with Crippen LogP contribution in [0, 0.1) is 0 Å². The van der Waals surface area contributed by atoms with Crippen molar-refractivity contribution in [3.8, 4) is 11.5 Å². The molecule has 1 aromatic heterocycles. The summed E-state index contributed by atoms with van der Waals surface area (Å²) in [7, 11) is 5.26. The number of rotatable bonds is 7. The molecule has 0 amide bonds. The van der Waals surface area contributed by atoms with Gasteiger partial charge in [-0.3, -0.25) is 11.3 Å². The van der Waals surface area contributed by atoms with Crippen LogP contribution in [0.5, 0.6) is 11.5 Å². The number of nitrogens with zero attached hydrogens (tertiary/aromatic N) is 2. The third-order valence-corrected chi connectivity index (χ3v) is 3.55. The number of methoxy groups -OCH3 is 2. The Labute approximate surface area is 124 Å². The molecule has 3 N–H and O–H groups in total. The van der Waals surface area contributed by atoms with E-state index in [4.69, 9.17) is 15.3 Å². The highest BCUT2D eigenvalue weighted by Crippen LogP contribution is 2.28. The average molecular weight is 290 g/mol. The molecular weight excluding hydrogens is 268 g/mol. The lowest BCUT2D eigenvalue weighted by Gasteiger charge is -2.18. The van der Waals surface area contributed by atoms with E-state index in [-0.39, 0.29) is 6.04 Å². The van der Waals surface area contributed by atoms with E-state index < -0.39 is 0 Å². The molecular formula is C15H22N4O2. The van der Waals surface area contributed by atoms with E-state index in [2.05, 4.69) is 10.4 Å². The first kappa shape index (κ1) is 15.3. The molecule has 6 nitrogen and oxygen atoms in total. The van der Waals surface area contributed by atoms with E-state index in [1.807, 2.05) is 36.0 Å². The summed E-state index contributed by atoms with van der Waals surface area (Å²) in [6.45, 7) is 0. The minimum absolute atomic E-state index is 0.00528. The van der Waals surface area contributed by atoms with Crippen molar-refractivity contribution >= 4 is 0 Å². The van der Waals surface area contributed by atoms with Gasteiger partial charge in [0.05, 0.1) is 14.2 Å². The summed E-state index contributed by atoms with van der Waals surface area (Å²) in [6.07, 6.45) is 5.40. The summed E-state index contributed by atoms with van der Waals surface area (Å²) < 4.78 is 12.6. The molecule has 114 valence electrons. The van der Waals surface area contributed by atoms with Crippen LogP contribution in [0.3, 0.4) is 0 Å². The van der Waals surface area contributed by atoms with Gasteiger partial charge in [0.2, 0.25) is 0 Å². The summed E-state index contributed by atoms with van der Waals surface area (Å²) >= 11 is 0. The summed E-state index contributed by atoms with van der Waals surface area (Å²) in [5.74, 6) is 8.24. The first-order chi connectivity index (χ1) is 10.2. The highest BCUT2D eigenvalue weighted by molar-refractivity contribution is 5.39. The van der Waals surface area contributed by atoms with Crippen molar-refractivity contribution in [3.63, 3.8) is 0 Å². The van der Waals surface area contributed by atoms with Crippen LogP contribution in [0.1, 0.15) is 23.9 Å². The molecule has 0 aliphatic carbocycles. The maximum absolute atomic E-state index is 5.71. The monoisotopic (exact) mass is 290 g/mol. The lowest BCUT2D eigenvalue weighted by atomic mass is 10.0. The molecule has 0 aliphatic rings. The van der Waals surface area contributed by atoms with Gasteiger partial charge in [-0.25, -0.2) is 4.98 Å². The Morgan fingerprint density at radius 1 is 1.24 bits per heavy atom. The molecule has 0 spiro atoms. The Morgan fingerprint density at radius 3 is 2.38 bits per heavy atom. The standard InChI is InChI=1S/C15H22N4O2/c1-19-7-6-17-15(19)5-4-14(18-16)11-8-12(20-2)10-13(9-11)21-3/h6-10,14,18H,4-5,16H2,1-3H3. The van der Waals surface area contributed by atoms with Crippen molar-refractivity contribution in [1.29, 1.82) is 0 Å². The van der Waals surface area contributed by atoms with Gasteiger partial charge in [0.25, 0.3) is 0 Å². The third-order valence-electron chi connectivity index (χ3n) is 3.55. The number of hydrogen-bond acceptors (Lipinski definition) is 5. The van der Waals surface area contributed by atoms with Crippen molar-refractivity contribution in [1.82, 2.24) is 15.0 Å². The number of imidazole rings is 1. The van der Waals surface area contributed by atoms with Crippen molar-refractivity contribution in [2.75, 3.05) is 14.2 Å². The molecule has 2 aromatic rings. The maximum atomic E-state index is 5.71. The van der Waals surface area contributed by atoms with E-state index in [1.54, 1.807) is 20.4 Å². The zero-order valence-corrected chi connectivity index (χ0v) is 12.7. The first-order valence-electron chi connectivity index (χ1n) is 6.83. The van der Waals surface area contributed by atoms with Gasteiger partial charge in [-0.05, 0) is 24.1 Å². The predicted octanol–water partition coefficient (Wildman–Crippen LogP) is 1.57. The van der Waals surface area contributed by atoms with Crippen LogP contribution < -0.4 is 20.7 Å². The normalized spacial score (nSPS) is 12.2. The quantitative estimate of drug-likeness (QED) is 0.598. The fraction of sp³-hybridized carbons (Fsp3) is 0.400. The van der Waals surface area contributed by atoms with Crippen LogP contribution in [0.4, 0.5) is 0 Å². The molecule has 1 aromatic carbocycles. The molecule has 6 heteroatoms. The highest BCUT2D eigenvalue weighted by atomic mass is 16.5. The van der Waals surface area contributed by atoms with E-state index >= 15 is 0 Å². The minimum Gasteiger partial charge on any atom is -0.497 e. The Morgan fingerprint density at radius 2 is 1.90 bits per heavy atom. The van der Waals surface area contributed by atoms with Crippen molar-refractivity contribution < 1.29 is 9.47 Å². The number of hydrogen-bond donors (Lipinski definition) is 2. The maximum Gasteiger partial charge on any atom is 0.122 e. The SMILES string of the molecule is COc1cc(OC)cc(C(CCc2nccn2C)NN)c1. The van der Waals surface area contributed by atoms with Crippen LogP contribution in [-0.4, -0.2) is 23.8 Å². The molecule has 0 saturated carbocycles. The second-order valence-electron chi connectivity index (χ2n) is 4.86. The van der Waals surface area contributed by atoms with Crippen molar-refractivity contribution in [2.24, 2.45) is 12.9 Å². The van der Waals surface area contributed by atoms with Crippen LogP contribution >= 0.6 is 0 Å². The number of hydrazine groups is 1. The highest BCUT2D eigenvalue weighted by Gasteiger charge is 2.14. The molecule has 1 heterocycles. The Bertz CT molecular complexity index is 561. The molecule has 21 heavy (non-hydrogen) atoms. The minimum atomic E-state index is 0.00528. The van der Waals surface area contributed by atoms with Gasteiger partial charge >= 0.3 is 0 Å². The van der Waals surface area contributed by atoms with E-state index in [1.165, 1.54) is 0 Å². The topological polar surface area (TPSA) is 74.3 Å². The average Bonchev–Trinajstić information content (AvgIpc) is 2.92. The molecule has 0 radical (unpaired) electrons. The molecule has 2 rings (SSSR count). The van der Waals surface area contributed by atoms with Gasteiger partial charge in [0, 0.05) is 38.0 Å². The molecule has 0 saturated heterocycles. The fourth-order valence-electron chi connectivity index (χ4n) is 2.29. The molecule has 1 atom stereocenters. The van der Waals surface area contributed by atoms with Crippen LogP contribution in [-0.2, 0) is 13.5 Å². The van der Waals surface area contributed by atoms with Gasteiger partial charge in [0.15, 0.2) is 0 Å². The largest absolute Gasteiger partial charge is 0.497 e. The number of ether oxygens (including phenoxy) is 2. The zero-order chi connectivity index (χ0) is 15.2. The lowest BCUT2D eigenvalue weighted by molar-refractivity contribution is 0.390. The number of aryl methyl sites for hydroxylation is 2. The summed E-state index contributed by atoms with van der Waals surface area (Å²) in [5.41, 5.74) is 3.89. The Kier molecular flexibility index (Phi) is 5.19. The summed E-state index contributed by atoms with van der Waals surface area (Å²) in [4.78, 5) is 4.33. The molecule has 0 aliphatic heterocycles. The third kappa shape index (κ3) is 3.74. The van der Waals surface area contributed by atoms with Crippen LogP contribution in [0.15, 0.2) is 30.6 Å². The zero-order valence-electron chi connectivity index (χ0n) is 12.7. The Balaban J connectivity index is 2.14. The molecule has 0 bridgehead atoms. The van der Waals surface area contributed by atoms with Crippen LogP contribution in [0.25, 0.3) is 0 Å². The molecule has 1 unspecified atom stereocenters. The van der Waals surface area contributed by atoms with Gasteiger partial charge in [-0.1, -0.05) is 0 Å². The van der Waals surface area contributed by atoms with Crippen molar-refractivity contribution in [2.45, 2.75) is 18.9 Å². The number of aromatic nitrogens is 2. The van der Waals surface area contributed by atoms with E-state index in [9.17, 15) is 0 Å². The van der Waals surface area contributed by atoms with Gasteiger partial charge < -0.3 is 14.0 Å². The van der Waals surface area contributed by atoms with Crippen LogP contribution in [0.2, 0.25) is 0 Å². The van der Waals surface area contributed by atoms with Crippen molar-refractivity contribution in [3.05, 3.63) is 42.0 Å². The van der Waals surface area contributed by atoms with Gasteiger partial charge in [-0.15, -0.1) is 0 Å². The summed E-state index contributed by atoms with van der Waals surface area (Å²) in [5, 5.41) is 0. The predicted molar refractivity (Wildman–Crippen MR) is 81.1 cm³/mol. The van der Waals surface area contributed by atoms with E-state index in [0.29, 0.717) is 0 Å². The number of benzene rings is 1. The fourth-order valence-corrected chi connectivity index (χ4v) is 2.29. The first-order valence-corrected chi connectivity index (χ1v) is 6.83. The second-order valence-corrected chi connectivity index (χ2v) is 4.86. The lowest BCUT2D eigenvalue weighted by Crippen LogP contribution is -2.28. The summed E-state index contributed by atoms with van der Waals surface area (Å²) in [6, 6.07) is 5.78. The number of nitrogens with two attached hydrogens (primary N) is 1. The number of nitrogens with one attached hydrogen (secondary N) is 1. The Hall–Kier alpha value is -2.05. The smallest absolute Gasteiger partial charge is 0.122 e.